The first kappa shape index (κ1) is 17.5. The Morgan fingerprint density at radius 2 is 0.913 bits per heavy atom. The van der Waals surface area contributed by atoms with Gasteiger partial charge in [0.05, 0.1) is 0 Å². The summed E-state index contributed by atoms with van der Waals surface area (Å²) in [4.78, 5) is 0. The molecule has 0 fully saturated rings. The van der Waals surface area contributed by atoms with Crippen LogP contribution in [0.2, 0.25) is 0 Å². The van der Waals surface area contributed by atoms with Gasteiger partial charge in [-0.15, -0.1) is 17.0 Å². The van der Waals surface area contributed by atoms with Gasteiger partial charge >= 0.3 is 133 Å². The van der Waals surface area contributed by atoms with E-state index >= 15 is 0 Å². The molecule has 116 valence electrons. The number of benzene rings is 3. The number of hydrogen-bond donors (Lipinski definition) is 0. The van der Waals surface area contributed by atoms with Gasteiger partial charge in [0.25, 0.3) is 0 Å². The molecule has 2 heteroatoms. The summed E-state index contributed by atoms with van der Waals surface area (Å²) < 4.78 is 0. The normalized spacial score (nSPS) is 11.1. The minimum absolute atomic E-state index is 0. The molecule has 0 nitrogen and oxygen atoms in total. The molecule has 0 unspecified atom stereocenters. The Morgan fingerprint density at radius 3 is 1.17 bits per heavy atom. The van der Waals surface area contributed by atoms with Crippen LogP contribution in [0.4, 0.5) is 0 Å². The van der Waals surface area contributed by atoms with Gasteiger partial charge in [-0.1, -0.05) is 0 Å². The minimum atomic E-state index is -2.16. The van der Waals surface area contributed by atoms with Crippen LogP contribution in [0, 0.1) is 12.3 Å². The van der Waals surface area contributed by atoms with Crippen LogP contribution in [-0.2, 0) is 0 Å². The molecule has 3 aromatic carbocycles. The third-order valence-electron chi connectivity index (χ3n) is 4.17. The molecule has 0 radical (unpaired) electrons. The Kier molecular flexibility index (Phi) is 6.17. The molecule has 0 heterocycles. The van der Waals surface area contributed by atoms with Crippen LogP contribution in [0.15, 0.2) is 91.0 Å². The zero-order valence-corrected chi connectivity index (χ0v) is 15.6. The number of terminal acetylenes is 1. The van der Waals surface area contributed by atoms with Crippen LogP contribution in [0.1, 0.15) is 0 Å². The molecule has 0 aliphatic heterocycles. The zero-order chi connectivity index (χ0) is 15.3. The van der Waals surface area contributed by atoms with E-state index in [4.69, 9.17) is 6.42 Å². The second-order valence-electron chi connectivity index (χ2n) is 5.38. The van der Waals surface area contributed by atoms with E-state index < -0.39 is 7.26 Å². The van der Waals surface area contributed by atoms with Crippen molar-refractivity contribution in [1.29, 1.82) is 0 Å². The van der Waals surface area contributed by atoms with Crippen LogP contribution in [0.3, 0.4) is 0 Å². The molecule has 0 N–H and O–H groups in total. The summed E-state index contributed by atoms with van der Waals surface area (Å²) in [5, 5.41) is 4.10. The Bertz CT molecular complexity index is 665. The third-order valence-corrected chi connectivity index (χ3v) is 8.86. The second kappa shape index (κ2) is 8.11. The summed E-state index contributed by atoms with van der Waals surface area (Å²) in [6.45, 7) is 0. The summed E-state index contributed by atoms with van der Waals surface area (Å²) in [7, 11) is -2.16. The van der Waals surface area contributed by atoms with Crippen LogP contribution in [-0.4, -0.2) is 6.16 Å². The van der Waals surface area contributed by atoms with Gasteiger partial charge in [0, 0.05) is 0 Å². The fourth-order valence-corrected chi connectivity index (χ4v) is 7.33. The first-order valence-corrected chi connectivity index (χ1v) is 9.68. The molecule has 0 bridgehead atoms. The predicted molar refractivity (Wildman–Crippen MR) is 111 cm³/mol. The van der Waals surface area contributed by atoms with E-state index in [1.54, 1.807) is 0 Å². The van der Waals surface area contributed by atoms with Crippen molar-refractivity contribution in [1.82, 2.24) is 0 Å². The van der Waals surface area contributed by atoms with Gasteiger partial charge in [-0.25, -0.2) is 0 Å². The Hall–Kier alpha value is -1.87. The first-order chi connectivity index (χ1) is 10.9. The topological polar surface area (TPSA) is 0 Å². The Balaban J connectivity index is 0.00000192. The van der Waals surface area contributed by atoms with Gasteiger partial charge in [-0.2, -0.15) is 0 Å². The molecular formula is C21H20BrP. The van der Waals surface area contributed by atoms with Gasteiger partial charge in [-0.05, 0) is 0 Å². The molecule has 23 heavy (non-hydrogen) atoms. The van der Waals surface area contributed by atoms with Gasteiger partial charge in [0.2, 0.25) is 0 Å². The quantitative estimate of drug-likeness (QED) is 0.473. The maximum absolute atomic E-state index is 5.81. The Labute approximate surface area is 149 Å². The van der Waals surface area contributed by atoms with E-state index in [0.717, 1.165) is 6.16 Å². The molecule has 0 saturated heterocycles. The maximum atomic E-state index is 5.81. The molecule has 3 rings (SSSR count). The Morgan fingerprint density at radius 1 is 0.609 bits per heavy atom. The number of hydrogen-bond acceptors (Lipinski definition) is 0. The van der Waals surface area contributed by atoms with Gasteiger partial charge < -0.3 is 0 Å². The molecule has 0 aliphatic rings. The average molecular weight is 383 g/mol. The van der Waals surface area contributed by atoms with Crippen LogP contribution in [0.5, 0.6) is 0 Å². The SMILES string of the molecule is Br.C#CC[PH](c1ccccc1)(c1ccccc1)c1ccccc1. The predicted octanol–water partition coefficient (Wildman–Crippen LogP) is 3.92. The summed E-state index contributed by atoms with van der Waals surface area (Å²) in [6.07, 6.45) is 6.58. The molecule has 3 aromatic rings. The second-order valence-corrected chi connectivity index (χ2v) is 9.28. The summed E-state index contributed by atoms with van der Waals surface area (Å²) >= 11 is 0. The van der Waals surface area contributed by atoms with Crippen molar-refractivity contribution in [3.8, 4) is 12.3 Å². The van der Waals surface area contributed by atoms with Crippen molar-refractivity contribution in [2.24, 2.45) is 0 Å². The summed E-state index contributed by atoms with van der Waals surface area (Å²) in [6, 6.07) is 32.2. The first-order valence-electron chi connectivity index (χ1n) is 7.48. The van der Waals surface area contributed by atoms with E-state index in [9.17, 15) is 0 Å². The van der Waals surface area contributed by atoms with Crippen LogP contribution in [0.25, 0.3) is 0 Å². The standard InChI is InChI=1S/C21H19P.BrH/c1-2-18-22(19-12-6-3-7-13-19,20-14-8-4-9-15-20)21-16-10-5-11-17-21;/h1,3-17,22H,18H2;1H. The monoisotopic (exact) mass is 382 g/mol. The molecule has 0 saturated carbocycles. The summed E-state index contributed by atoms with van der Waals surface area (Å²) in [5.41, 5.74) is 0. The molecule has 0 aliphatic carbocycles. The molecule has 0 spiro atoms. The average Bonchev–Trinajstić information content (AvgIpc) is 2.62. The van der Waals surface area contributed by atoms with Crippen LogP contribution >= 0.6 is 24.2 Å². The summed E-state index contributed by atoms with van der Waals surface area (Å²) in [5.74, 6) is 2.97. The van der Waals surface area contributed by atoms with E-state index in [-0.39, 0.29) is 17.0 Å². The zero-order valence-electron chi connectivity index (χ0n) is 12.9. The third kappa shape index (κ3) is 3.40. The van der Waals surface area contributed by atoms with Crippen molar-refractivity contribution in [3.05, 3.63) is 91.0 Å². The van der Waals surface area contributed by atoms with Crippen molar-refractivity contribution in [3.63, 3.8) is 0 Å². The van der Waals surface area contributed by atoms with E-state index in [0.29, 0.717) is 0 Å². The number of halogens is 1. The van der Waals surface area contributed by atoms with Gasteiger partial charge in [0.1, 0.15) is 0 Å². The molecular weight excluding hydrogens is 363 g/mol. The fourth-order valence-electron chi connectivity index (χ4n) is 3.13. The van der Waals surface area contributed by atoms with E-state index in [2.05, 4.69) is 96.9 Å². The van der Waals surface area contributed by atoms with E-state index in [1.807, 2.05) is 0 Å². The van der Waals surface area contributed by atoms with E-state index in [1.165, 1.54) is 15.9 Å². The van der Waals surface area contributed by atoms with Gasteiger partial charge in [0.15, 0.2) is 0 Å². The van der Waals surface area contributed by atoms with Gasteiger partial charge in [-0.3, -0.25) is 0 Å². The van der Waals surface area contributed by atoms with Crippen molar-refractivity contribution < 1.29 is 0 Å². The molecule has 0 amide bonds. The van der Waals surface area contributed by atoms with Crippen molar-refractivity contribution in [2.75, 3.05) is 6.16 Å². The van der Waals surface area contributed by atoms with Crippen molar-refractivity contribution in [2.45, 2.75) is 0 Å². The molecule has 0 aromatic heterocycles. The van der Waals surface area contributed by atoms with Crippen LogP contribution < -0.4 is 15.9 Å². The van der Waals surface area contributed by atoms with Crippen molar-refractivity contribution >= 4 is 40.2 Å². The molecule has 0 atom stereocenters. The number of rotatable bonds is 4. The fraction of sp³-hybridized carbons (Fsp3) is 0.0476.